The number of aliphatic imine (C=N–C) groups is 1. The van der Waals surface area contributed by atoms with E-state index in [-0.39, 0.29) is 29.9 Å². The van der Waals surface area contributed by atoms with Gasteiger partial charge < -0.3 is 25.0 Å². The van der Waals surface area contributed by atoms with Gasteiger partial charge in [0.2, 0.25) is 0 Å². The lowest BCUT2D eigenvalue weighted by atomic mass is 10.2. The van der Waals surface area contributed by atoms with Crippen LogP contribution >= 0.6 is 0 Å². The molecule has 0 aliphatic carbocycles. The summed E-state index contributed by atoms with van der Waals surface area (Å²) in [5.74, 6) is 0.782. The number of ether oxygens (including phenoxy) is 2. The third-order valence-corrected chi connectivity index (χ3v) is 4.78. The summed E-state index contributed by atoms with van der Waals surface area (Å²) in [6.07, 6.45) is 2.38. The van der Waals surface area contributed by atoms with Gasteiger partial charge in [-0.2, -0.15) is 8.78 Å². The summed E-state index contributed by atoms with van der Waals surface area (Å²) in [7, 11) is 1.39. The number of pyridine rings is 1. The average Bonchev–Trinajstić information content (AvgIpc) is 3.20. The first-order valence-corrected chi connectivity index (χ1v) is 10.0. The number of hydrogen-bond acceptors (Lipinski definition) is 5. The fourth-order valence-corrected chi connectivity index (χ4v) is 3.37. The molecule has 31 heavy (non-hydrogen) atoms. The zero-order valence-electron chi connectivity index (χ0n) is 17.4. The van der Waals surface area contributed by atoms with Crippen LogP contribution in [-0.4, -0.2) is 50.3 Å². The van der Waals surface area contributed by atoms with Crippen LogP contribution < -0.4 is 25.0 Å². The van der Waals surface area contributed by atoms with E-state index in [2.05, 4.69) is 25.3 Å². The molecule has 1 unspecified atom stereocenters. The number of aromatic nitrogens is 1. The van der Waals surface area contributed by atoms with Crippen molar-refractivity contribution >= 4 is 11.8 Å². The standard InChI is InChI=1S/C21H26F3N5O2/c1-3-25-21(27-12-14-6-7-17(30-2)18(11-14)31-20(23)24)28-15-8-10-29(13-15)19-16(22)5-4-9-26-19/h4-7,9,11,15,20H,3,8,10,12-13H2,1-2H3,(H2,25,27,28). The van der Waals surface area contributed by atoms with Crippen molar-refractivity contribution in [2.45, 2.75) is 32.5 Å². The maximum absolute atomic E-state index is 14.0. The van der Waals surface area contributed by atoms with Gasteiger partial charge in [0, 0.05) is 31.9 Å². The lowest BCUT2D eigenvalue weighted by molar-refractivity contribution is -0.0512. The van der Waals surface area contributed by atoms with Gasteiger partial charge >= 0.3 is 6.61 Å². The van der Waals surface area contributed by atoms with E-state index in [0.717, 1.165) is 6.42 Å². The third-order valence-electron chi connectivity index (χ3n) is 4.78. The Hall–Kier alpha value is -3.17. The Kier molecular flexibility index (Phi) is 7.80. The van der Waals surface area contributed by atoms with Gasteiger partial charge in [0.05, 0.1) is 13.7 Å². The van der Waals surface area contributed by atoms with Crippen molar-refractivity contribution < 1.29 is 22.6 Å². The average molecular weight is 437 g/mol. The van der Waals surface area contributed by atoms with Gasteiger partial charge in [-0.05, 0) is 43.2 Å². The quantitative estimate of drug-likeness (QED) is 0.488. The second-order valence-electron chi connectivity index (χ2n) is 6.94. The number of anilines is 1. The van der Waals surface area contributed by atoms with Crippen LogP contribution in [-0.2, 0) is 6.54 Å². The zero-order chi connectivity index (χ0) is 22.2. The molecular formula is C21H26F3N5O2. The van der Waals surface area contributed by atoms with Gasteiger partial charge in [0.25, 0.3) is 0 Å². The van der Waals surface area contributed by atoms with Crippen molar-refractivity contribution in [2.75, 3.05) is 31.6 Å². The van der Waals surface area contributed by atoms with Crippen LogP contribution in [0.1, 0.15) is 18.9 Å². The Labute approximate surface area is 179 Å². The minimum atomic E-state index is -2.94. The van der Waals surface area contributed by atoms with Crippen molar-refractivity contribution in [3.05, 3.63) is 47.9 Å². The molecule has 0 spiro atoms. The number of nitrogens with one attached hydrogen (secondary N) is 2. The first-order chi connectivity index (χ1) is 15.0. The van der Waals surface area contributed by atoms with E-state index in [0.29, 0.717) is 37.0 Å². The van der Waals surface area contributed by atoms with E-state index in [9.17, 15) is 13.2 Å². The van der Waals surface area contributed by atoms with E-state index in [1.807, 2.05) is 11.8 Å². The van der Waals surface area contributed by atoms with E-state index < -0.39 is 6.61 Å². The van der Waals surface area contributed by atoms with E-state index >= 15 is 0 Å². The molecule has 1 aromatic carbocycles. The number of methoxy groups -OCH3 is 1. The van der Waals surface area contributed by atoms with Crippen molar-refractivity contribution in [1.29, 1.82) is 0 Å². The molecule has 1 saturated heterocycles. The zero-order valence-corrected chi connectivity index (χ0v) is 17.4. The van der Waals surface area contributed by atoms with Gasteiger partial charge in [-0.3, -0.25) is 0 Å². The number of benzene rings is 1. The van der Waals surface area contributed by atoms with Gasteiger partial charge in [-0.1, -0.05) is 6.07 Å². The summed E-state index contributed by atoms with van der Waals surface area (Å²) in [5.41, 5.74) is 0.692. The van der Waals surface area contributed by atoms with E-state index in [1.165, 1.54) is 19.2 Å². The van der Waals surface area contributed by atoms with Gasteiger partial charge in [-0.15, -0.1) is 0 Å². The minimum Gasteiger partial charge on any atom is -0.493 e. The Morgan fingerprint density at radius 3 is 2.87 bits per heavy atom. The molecule has 1 aliphatic heterocycles. The maximum Gasteiger partial charge on any atom is 0.387 e. The molecule has 0 saturated carbocycles. The molecule has 7 nitrogen and oxygen atoms in total. The number of guanidine groups is 1. The molecule has 1 aliphatic rings. The highest BCUT2D eigenvalue weighted by molar-refractivity contribution is 5.80. The summed E-state index contributed by atoms with van der Waals surface area (Å²) in [6.45, 7) is 1.18. The molecule has 1 aromatic heterocycles. The van der Waals surface area contributed by atoms with Crippen LogP contribution in [0.4, 0.5) is 19.0 Å². The molecule has 1 fully saturated rings. The van der Waals surface area contributed by atoms with Gasteiger partial charge in [-0.25, -0.2) is 14.4 Å². The predicted molar refractivity (Wildman–Crippen MR) is 112 cm³/mol. The van der Waals surface area contributed by atoms with Crippen LogP contribution in [0.15, 0.2) is 41.5 Å². The Bertz CT molecular complexity index is 897. The van der Waals surface area contributed by atoms with Crippen molar-refractivity contribution in [3.8, 4) is 11.5 Å². The maximum atomic E-state index is 14.0. The SMILES string of the molecule is CCNC(=NCc1ccc(OC)c(OC(F)F)c1)NC1CCN(c2ncccc2F)C1. The summed E-state index contributed by atoms with van der Waals surface area (Å²) in [4.78, 5) is 10.6. The summed E-state index contributed by atoms with van der Waals surface area (Å²) >= 11 is 0. The smallest absolute Gasteiger partial charge is 0.387 e. The molecular weight excluding hydrogens is 411 g/mol. The molecule has 0 bridgehead atoms. The number of nitrogens with zero attached hydrogens (tertiary/aromatic N) is 3. The van der Waals surface area contributed by atoms with E-state index in [4.69, 9.17) is 4.74 Å². The molecule has 3 rings (SSSR count). The second-order valence-corrected chi connectivity index (χ2v) is 6.94. The number of hydrogen-bond donors (Lipinski definition) is 2. The lowest BCUT2D eigenvalue weighted by Gasteiger charge is -2.20. The van der Waals surface area contributed by atoms with Crippen LogP contribution in [0.25, 0.3) is 0 Å². The van der Waals surface area contributed by atoms with Crippen molar-refractivity contribution in [1.82, 2.24) is 15.6 Å². The second kappa shape index (κ2) is 10.7. The first kappa shape index (κ1) is 22.5. The van der Waals surface area contributed by atoms with Gasteiger partial charge in [0.1, 0.15) is 0 Å². The molecule has 2 aromatic rings. The Balaban J connectivity index is 1.65. The highest BCUT2D eigenvalue weighted by Gasteiger charge is 2.26. The highest BCUT2D eigenvalue weighted by Crippen LogP contribution is 2.29. The molecule has 2 N–H and O–H groups in total. The van der Waals surface area contributed by atoms with Crippen LogP contribution in [0.2, 0.25) is 0 Å². The third kappa shape index (κ3) is 6.16. The fourth-order valence-electron chi connectivity index (χ4n) is 3.37. The Morgan fingerprint density at radius 2 is 2.16 bits per heavy atom. The molecule has 168 valence electrons. The number of rotatable bonds is 8. The Morgan fingerprint density at radius 1 is 1.32 bits per heavy atom. The fraction of sp³-hybridized carbons (Fsp3) is 0.429. The summed E-state index contributed by atoms with van der Waals surface area (Å²) in [5, 5.41) is 6.52. The van der Waals surface area contributed by atoms with Crippen molar-refractivity contribution in [2.24, 2.45) is 4.99 Å². The van der Waals surface area contributed by atoms with Crippen molar-refractivity contribution in [3.63, 3.8) is 0 Å². The number of alkyl halides is 2. The molecule has 1 atom stereocenters. The topological polar surface area (TPSA) is 71.0 Å². The molecule has 2 heterocycles. The predicted octanol–water partition coefficient (Wildman–Crippen LogP) is 3.16. The molecule has 0 radical (unpaired) electrons. The highest BCUT2D eigenvalue weighted by atomic mass is 19.3. The first-order valence-electron chi connectivity index (χ1n) is 10.0. The van der Waals surface area contributed by atoms with Gasteiger partial charge in [0.15, 0.2) is 29.1 Å². The molecule has 10 heteroatoms. The summed E-state index contributed by atoms with van der Waals surface area (Å²) < 4.78 is 48.8. The molecule has 0 amide bonds. The minimum absolute atomic E-state index is 0.0352. The largest absolute Gasteiger partial charge is 0.493 e. The van der Waals surface area contributed by atoms with Crippen LogP contribution in [0, 0.1) is 5.82 Å². The van der Waals surface area contributed by atoms with E-state index in [1.54, 1.807) is 24.4 Å². The van der Waals surface area contributed by atoms with Crippen LogP contribution in [0.3, 0.4) is 0 Å². The number of halogens is 3. The normalized spacial score (nSPS) is 16.5. The van der Waals surface area contributed by atoms with Crippen LogP contribution in [0.5, 0.6) is 11.5 Å². The summed E-state index contributed by atoms with van der Waals surface area (Å²) in [6, 6.07) is 7.82. The lowest BCUT2D eigenvalue weighted by Crippen LogP contribution is -2.44. The monoisotopic (exact) mass is 437 g/mol.